The van der Waals surface area contributed by atoms with Gasteiger partial charge in [0.15, 0.2) is 17.6 Å². The number of nitro benzene ring substituents is 1. The van der Waals surface area contributed by atoms with Crippen molar-refractivity contribution in [3.63, 3.8) is 0 Å². The number of ether oxygens (including phenoxy) is 3. The van der Waals surface area contributed by atoms with Gasteiger partial charge in [0.1, 0.15) is 5.56 Å². The Kier molecular flexibility index (Phi) is 7.13. The van der Waals surface area contributed by atoms with Gasteiger partial charge in [0.05, 0.1) is 25.2 Å². The summed E-state index contributed by atoms with van der Waals surface area (Å²) in [6.07, 6.45) is -0.312. The Morgan fingerprint density at radius 2 is 1.69 bits per heavy atom. The van der Waals surface area contributed by atoms with E-state index in [4.69, 9.17) is 14.2 Å². The van der Waals surface area contributed by atoms with Crippen LogP contribution in [0.25, 0.3) is 0 Å². The minimum absolute atomic E-state index is 0.0945. The van der Waals surface area contributed by atoms with Gasteiger partial charge in [-0.1, -0.05) is 19.1 Å². The molecule has 0 aliphatic rings. The first-order valence-electron chi connectivity index (χ1n) is 8.81. The van der Waals surface area contributed by atoms with Crippen molar-refractivity contribution < 1.29 is 28.7 Å². The zero-order valence-electron chi connectivity index (χ0n) is 16.6. The molecule has 1 atom stereocenters. The number of anilines is 1. The molecule has 0 aromatic heterocycles. The molecule has 29 heavy (non-hydrogen) atoms. The average Bonchev–Trinajstić information content (AvgIpc) is 2.72. The molecular formula is C20H22N2O7. The molecule has 0 fully saturated rings. The summed E-state index contributed by atoms with van der Waals surface area (Å²) in [6.45, 7) is 3.39. The predicted octanol–water partition coefficient (Wildman–Crippen LogP) is 3.36. The summed E-state index contributed by atoms with van der Waals surface area (Å²) >= 11 is 0. The third-order valence-electron chi connectivity index (χ3n) is 4.20. The Morgan fingerprint density at radius 1 is 1.10 bits per heavy atom. The quantitative estimate of drug-likeness (QED) is 0.409. The van der Waals surface area contributed by atoms with Crippen LogP contribution in [0.5, 0.6) is 11.5 Å². The Bertz CT molecular complexity index is 910. The van der Waals surface area contributed by atoms with Crippen LogP contribution in [0.1, 0.15) is 29.8 Å². The van der Waals surface area contributed by atoms with Gasteiger partial charge in [0, 0.05) is 11.8 Å². The van der Waals surface area contributed by atoms with Crippen LogP contribution < -0.4 is 14.8 Å². The van der Waals surface area contributed by atoms with Crippen LogP contribution in [0.3, 0.4) is 0 Å². The van der Waals surface area contributed by atoms with Gasteiger partial charge < -0.3 is 19.5 Å². The molecule has 9 heteroatoms. The maximum atomic E-state index is 12.5. The van der Waals surface area contributed by atoms with Crippen LogP contribution in [0.4, 0.5) is 11.4 Å². The predicted molar refractivity (Wildman–Crippen MR) is 106 cm³/mol. The second-order valence-electron chi connectivity index (χ2n) is 6.07. The number of carbonyl (C=O) groups excluding carboxylic acids is 2. The number of aryl methyl sites for hydroxylation is 1. The number of hydrogen-bond acceptors (Lipinski definition) is 7. The molecule has 9 nitrogen and oxygen atoms in total. The molecule has 0 bridgehead atoms. The first-order valence-corrected chi connectivity index (χ1v) is 8.81. The molecule has 0 aliphatic carbocycles. The lowest BCUT2D eigenvalue weighted by Crippen LogP contribution is -2.30. The van der Waals surface area contributed by atoms with E-state index in [1.54, 1.807) is 12.1 Å². The van der Waals surface area contributed by atoms with Crippen LogP contribution in [0.2, 0.25) is 0 Å². The molecule has 0 heterocycles. The zero-order valence-corrected chi connectivity index (χ0v) is 16.6. The second kappa shape index (κ2) is 9.54. The van der Waals surface area contributed by atoms with Crippen molar-refractivity contribution >= 4 is 23.3 Å². The Morgan fingerprint density at radius 3 is 2.21 bits per heavy atom. The van der Waals surface area contributed by atoms with Crippen molar-refractivity contribution in [2.75, 3.05) is 19.5 Å². The number of rotatable bonds is 8. The molecule has 0 aliphatic heterocycles. The lowest BCUT2D eigenvalue weighted by molar-refractivity contribution is -0.385. The molecule has 0 saturated carbocycles. The van der Waals surface area contributed by atoms with E-state index in [1.807, 2.05) is 19.1 Å². The number of nitrogens with zero attached hydrogens (tertiary/aromatic N) is 1. The van der Waals surface area contributed by atoms with Gasteiger partial charge in [-0.15, -0.1) is 0 Å². The van der Waals surface area contributed by atoms with E-state index in [1.165, 1.54) is 21.1 Å². The highest BCUT2D eigenvalue weighted by Crippen LogP contribution is 2.35. The van der Waals surface area contributed by atoms with Crippen LogP contribution >= 0.6 is 0 Å². The standard InChI is InChI=1S/C20H22N2O7/c1-5-13-6-8-14(9-7-13)21-19(23)12(2)29-20(24)15-10-17(27-3)18(28-4)11-16(15)22(25)26/h6-12H,5H2,1-4H3,(H,21,23)/t12-/m1/s1. The summed E-state index contributed by atoms with van der Waals surface area (Å²) in [5.41, 5.74) is 0.797. The summed E-state index contributed by atoms with van der Waals surface area (Å²) < 4.78 is 15.2. The van der Waals surface area contributed by atoms with E-state index in [0.29, 0.717) is 5.69 Å². The van der Waals surface area contributed by atoms with Gasteiger partial charge in [-0.3, -0.25) is 14.9 Å². The number of benzene rings is 2. The van der Waals surface area contributed by atoms with Crippen molar-refractivity contribution in [1.29, 1.82) is 0 Å². The van der Waals surface area contributed by atoms with Crippen molar-refractivity contribution in [3.8, 4) is 11.5 Å². The third-order valence-corrected chi connectivity index (χ3v) is 4.20. The van der Waals surface area contributed by atoms with Crippen molar-refractivity contribution in [2.45, 2.75) is 26.4 Å². The number of nitro groups is 1. The molecule has 154 valence electrons. The van der Waals surface area contributed by atoms with E-state index in [-0.39, 0.29) is 17.1 Å². The number of amides is 1. The number of nitrogens with one attached hydrogen (secondary N) is 1. The second-order valence-corrected chi connectivity index (χ2v) is 6.07. The van der Waals surface area contributed by atoms with E-state index < -0.39 is 28.6 Å². The first kappa shape index (κ1) is 21.7. The van der Waals surface area contributed by atoms with Crippen molar-refractivity contribution in [1.82, 2.24) is 0 Å². The molecular weight excluding hydrogens is 380 g/mol. The fraction of sp³-hybridized carbons (Fsp3) is 0.300. The first-order chi connectivity index (χ1) is 13.8. The van der Waals surface area contributed by atoms with Crippen LogP contribution in [-0.4, -0.2) is 37.1 Å². The summed E-state index contributed by atoms with van der Waals surface area (Å²) in [4.78, 5) is 35.4. The van der Waals surface area contributed by atoms with Gasteiger partial charge in [-0.2, -0.15) is 0 Å². The van der Waals surface area contributed by atoms with E-state index in [9.17, 15) is 19.7 Å². The van der Waals surface area contributed by atoms with E-state index in [2.05, 4.69) is 5.32 Å². The highest BCUT2D eigenvalue weighted by Gasteiger charge is 2.28. The van der Waals surface area contributed by atoms with Gasteiger partial charge in [0.2, 0.25) is 0 Å². The Balaban J connectivity index is 2.17. The number of hydrogen-bond donors (Lipinski definition) is 1. The van der Waals surface area contributed by atoms with Gasteiger partial charge in [0.25, 0.3) is 11.6 Å². The summed E-state index contributed by atoms with van der Waals surface area (Å²) in [5, 5.41) is 14.0. The average molecular weight is 402 g/mol. The minimum atomic E-state index is -1.18. The zero-order chi connectivity index (χ0) is 21.6. The van der Waals surface area contributed by atoms with Crippen LogP contribution in [0.15, 0.2) is 36.4 Å². The minimum Gasteiger partial charge on any atom is -0.493 e. The van der Waals surface area contributed by atoms with Crippen molar-refractivity contribution in [2.24, 2.45) is 0 Å². The monoisotopic (exact) mass is 402 g/mol. The fourth-order valence-electron chi connectivity index (χ4n) is 2.53. The molecule has 1 N–H and O–H groups in total. The van der Waals surface area contributed by atoms with Gasteiger partial charge in [-0.05, 0) is 31.0 Å². The number of carbonyl (C=O) groups is 2. The van der Waals surface area contributed by atoms with Crippen LogP contribution in [0, 0.1) is 10.1 Å². The molecule has 2 aromatic rings. The lowest BCUT2D eigenvalue weighted by Gasteiger charge is -2.15. The maximum absolute atomic E-state index is 12.5. The molecule has 0 radical (unpaired) electrons. The van der Waals surface area contributed by atoms with Crippen molar-refractivity contribution in [3.05, 3.63) is 57.6 Å². The lowest BCUT2D eigenvalue weighted by atomic mass is 10.1. The maximum Gasteiger partial charge on any atom is 0.346 e. The number of esters is 1. The van der Waals surface area contributed by atoms with E-state index >= 15 is 0 Å². The highest BCUT2D eigenvalue weighted by atomic mass is 16.6. The SMILES string of the molecule is CCc1ccc(NC(=O)[C@@H](C)OC(=O)c2cc(OC)c(OC)cc2[N+](=O)[O-])cc1. The number of methoxy groups -OCH3 is 2. The molecule has 0 unspecified atom stereocenters. The Hall–Kier alpha value is -3.62. The smallest absolute Gasteiger partial charge is 0.346 e. The topological polar surface area (TPSA) is 117 Å². The Labute approximate surface area is 167 Å². The fourth-order valence-corrected chi connectivity index (χ4v) is 2.53. The molecule has 2 aromatic carbocycles. The normalized spacial score (nSPS) is 11.3. The summed E-state index contributed by atoms with van der Waals surface area (Å²) in [6, 6.07) is 9.44. The molecule has 1 amide bonds. The van der Waals surface area contributed by atoms with Gasteiger partial charge in [-0.25, -0.2) is 4.79 Å². The summed E-state index contributed by atoms with van der Waals surface area (Å²) in [5.74, 6) is -1.37. The molecule has 0 spiro atoms. The third kappa shape index (κ3) is 5.22. The van der Waals surface area contributed by atoms with Crippen LogP contribution in [-0.2, 0) is 16.0 Å². The summed E-state index contributed by atoms with van der Waals surface area (Å²) in [7, 11) is 2.65. The molecule has 0 saturated heterocycles. The molecule has 2 rings (SSSR count). The van der Waals surface area contributed by atoms with Gasteiger partial charge >= 0.3 is 5.97 Å². The largest absolute Gasteiger partial charge is 0.493 e. The highest BCUT2D eigenvalue weighted by molar-refractivity contribution is 5.99. The van der Waals surface area contributed by atoms with E-state index in [0.717, 1.165) is 24.1 Å².